The number of ether oxygens (including phenoxy) is 1. The van der Waals surface area contributed by atoms with Crippen molar-refractivity contribution in [2.24, 2.45) is 0 Å². The van der Waals surface area contributed by atoms with Gasteiger partial charge >= 0.3 is 0 Å². The lowest BCUT2D eigenvalue weighted by molar-refractivity contribution is 0.0924. The van der Waals surface area contributed by atoms with Gasteiger partial charge in [-0.2, -0.15) is 4.31 Å². The lowest BCUT2D eigenvalue weighted by Gasteiger charge is -2.24. The number of sulfonamides is 1. The summed E-state index contributed by atoms with van der Waals surface area (Å²) in [5, 5.41) is 0. The molecule has 130 valence electrons. The van der Waals surface area contributed by atoms with Gasteiger partial charge in [-0.25, -0.2) is 8.42 Å². The Morgan fingerprint density at radius 2 is 2.21 bits per heavy atom. The zero-order valence-electron chi connectivity index (χ0n) is 13.7. The minimum atomic E-state index is -3.54. The van der Waals surface area contributed by atoms with Gasteiger partial charge in [-0.15, -0.1) is 11.3 Å². The van der Waals surface area contributed by atoms with Crippen molar-refractivity contribution in [1.82, 2.24) is 9.29 Å². The zero-order valence-corrected chi connectivity index (χ0v) is 15.4. The van der Waals surface area contributed by atoms with E-state index in [1.54, 1.807) is 12.3 Å². The largest absolute Gasteiger partial charge is 0.377 e. The molecule has 3 rings (SSSR count). The van der Waals surface area contributed by atoms with Crippen LogP contribution in [0.5, 0.6) is 0 Å². The first-order valence-electron chi connectivity index (χ1n) is 8.20. The third-order valence-corrected chi connectivity index (χ3v) is 7.58. The predicted molar refractivity (Wildman–Crippen MR) is 94.5 cm³/mol. The van der Waals surface area contributed by atoms with E-state index in [2.05, 4.69) is 4.98 Å². The fourth-order valence-electron chi connectivity index (χ4n) is 2.75. The van der Waals surface area contributed by atoms with Gasteiger partial charge in [0.1, 0.15) is 4.21 Å². The number of rotatable bonds is 7. The lowest BCUT2D eigenvalue weighted by atomic mass is 10.2. The van der Waals surface area contributed by atoms with Crippen LogP contribution in [-0.4, -0.2) is 37.0 Å². The van der Waals surface area contributed by atoms with E-state index in [9.17, 15) is 8.42 Å². The highest BCUT2D eigenvalue weighted by Gasteiger charge is 2.30. The van der Waals surface area contributed by atoms with Crippen LogP contribution in [0.3, 0.4) is 0 Å². The van der Waals surface area contributed by atoms with Crippen LogP contribution in [0.2, 0.25) is 0 Å². The molecule has 1 aliphatic rings. The molecule has 0 bridgehead atoms. The number of thiophene rings is 1. The second-order valence-electron chi connectivity index (χ2n) is 5.83. The number of nitrogens with zero attached hydrogens (tertiary/aromatic N) is 2. The van der Waals surface area contributed by atoms with Gasteiger partial charge in [-0.3, -0.25) is 4.98 Å². The maximum Gasteiger partial charge on any atom is 0.253 e. The van der Waals surface area contributed by atoms with Crippen LogP contribution < -0.4 is 0 Å². The Bertz CT molecular complexity index is 753. The van der Waals surface area contributed by atoms with Gasteiger partial charge in [0.2, 0.25) is 0 Å². The molecular weight excluding hydrogens is 344 g/mol. The van der Waals surface area contributed by atoms with Gasteiger partial charge < -0.3 is 4.74 Å². The van der Waals surface area contributed by atoms with Gasteiger partial charge in [0.05, 0.1) is 18.3 Å². The standard InChI is InChI=1S/C17H22N2O3S2/c1-2-16-8-9-17(23-16)24(20,21)19(13-15-7-5-11-22-15)12-14-6-3-4-10-18-14/h3-4,6,8-10,15H,2,5,7,11-13H2,1H3. The lowest BCUT2D eigenvalue weighted by Crippen LogP contribution is -2.36. The van der Waals surface area contributed by atoms with Gasteiger partial charge in [0.25, 0.3) is 10.0 Å². The second kappa shape index (κ2) is 7.74. The summed E-state index contributed by atoms with van der Waals surface area (Å²) >= 11 is 1.35. The summed E-state index contributed by atoms with van der Waals surface area (Å²) in [6.07, 6.45) is 4.38. The van der Waals surface area contributed by atoms with Crippen molar-refractivity contribution in [2.45, 2.75) is 43.0 Å². The fourth-order valence-corrected chi connectivity index (χ4v) is 5.64. The Morgan fingerprint density at radius 3 is 2.83 bits per heavy atom. The van der Waals surface area contributed by atoms with E-state index in [0.29, 0.717) is 17.4 Å². The molecule has 0 aliphatic carbocycles. The van der Waals surface area contributed by atoms with Crippen LogP contribution >= 0.6 is 11.3 Å². The first-order chi connectivity index (χ1) is 11.6. The summed E-state index contributed by atoms with van der Waals surface area (Å²) < 4.78 is 33.8. The molecule has 24 heavy (non-hydrogen) atoms. The van der Waals surface area contributed by atoms with Crippen molar-refractivity contribution in [3.63, 3.8) is 0 Å². The van der Waals surface area contributed by atoms with Crippen LogP contribution in [-0.2, 0) is 27.7 Å². The van der Waals surface area contributed by atoms with Crippen LogP contribution in [0.25, 0.3) is 0 Å². The predicted octanol–water partition coefficient (Wildman–Crippen LogP) is 3.08. The monoisotopic (exact) mass is 366 g/mol. The van der Waals surface area contributed by atoms with Gasteiger partial charge in [0.15, 0.2) is 0 Å². The summed E-state index contributed by atoms with van der Waals surface area (Å²) in [7, 11) is -3.54. The smallest absolute Gasteiger partial charge is 0.253 e. The first-order valence-corrected chi connectivity index (χ1v) is 10.5. The maximum atomic E-state index is 13.1. The molecule has 1 fully saturated rings. The topological polar surface area (TPSA) is 59.5 Å². The van der Waals surface area contributed by atoms with E-state index in [0.717, 1.165) is 29.8 Å². The van der Waals surface area contributed by atoms with Gasteiger partial charge in [0, 0.05) is 24.2 Å². The molecule has 1 unspecified atom stereocenters. The molecule has 1 atom stereocenters. The number of aryl methyl sites for hydroxylation is 1. The van der Waals surface area contributed by atoms with Crippen molar-refractivity contribution in [3.05, 3.63) is 47.1 Å². The maximum absolute atomic E-state index is 13.1. The van der Waals surface area contributed by atoms with Crippen molar-refractivity contribution < 1.29 is 13.2 Å². The third-order valence-electron chi connectivity index (χ3n) is 4.08. The summed E-state index contributed by atoms with van der Waals surface area (Å²) in [5.74, 6) is 0. The number of pyridine rings is 1. The molecule has 5 nitrogen and oxygen atoms in total. The van der Waals surface area contributed by atoms with Crippen molar-refractivity contribution in [1.29, 1.82) is 0 Å². The summed E-state index contributed by atoms with van der Waals surface area (Å²) in [6, 6.07) is 9.15. The fraction of sp³-hybridized carbons (Fsp3) is 0.471. The van der Waals surface area contributed by atoms with Gasteiger partial charge in [-0.05, 0) is 43.5 Å². The van der Waals surface area contributed by atoms with Crippen LogP contribution in [0.4, 0.5) is 0 Å². The Hall–Kier alpha value is -1.28. The molecule has 0 radical (unpaired) electrons. The van der Waals surface area contributed by atoms with E-state index in [1.165, 1.54) is 15.6 Å². The summed E-state index contributed by atoms with van der Waals surface area (Å²) in [5.41, 5.74) is 0.742. The Morgan fingerprint density at radius 1 is 1.33 bits per heavy atom. The Labute approximate surface area is 147 Å². The number of hydrogen-bond donors (Lipinski definition) is 0. The molecule has 0 aromatic carbocycles. The Balaban J connectivity index is 1.86. The average Bonchev–Trinajstić information content (AvgIpc) is 3.27. The highest BCUT2D eigenvalue weighted by molar-refractivity contribution is 7.91. The highest BCUT2D eigenvalue weighted by atomic mass is 32.2. The number of hydrogen-bond acceptors (Lipinski definition) is 5. The van der Waals surface area contributed by atoms with Crippen LogP contribution in [0, 0.1) is 0 Å². The molecule has 3 heterocycles. The summed E-state index contributed by atoms with van der Waals surface area (Å²) in [6.45, 7) is 3.38. The molecule has 0 amide bonds. The molecule has 2 aromatic heterocycles. The molecule has 0 saturated carbocycles. The minimum Gasteiger partial charge on any atom is -0.377 e. The molecule has 0 N–H and O–H groups in total. The molecule has 2 aromatic rings. The molecule has 7 heteroatoms. The van der Waals surface area contributed by atoms with Crippen LogP contribution in [0.1, 0.15) is 30.3 Å². The van der Waals surface area contributed by atoms with E-state index < -0.39 is 10.0 Å². The normalized spacial score (nSPS) is 18.3. The molecule has 0 spiro atoms. The third kappa shape index (κ3) is 4.03. The van der Waals surface area contributed by atoms with E-state index >= 15 is 0 Å². The molecule has 1 saturated heterocycles. The number of aromatic nitrogens is 1. The van der Waals surface area contributed by atoms with Crippen molar-refractivity contribution in [3.8, 4) is 0 Å². The van der Waals surface area contributed by atoms with Gasteiger partial charge in [-0.1, -0.05) is 13.0 Å². The molecule has 1 aliphatic heterocycles. The van der Waals surface area contributed by atoms with E-state index in [-0.39, 0.29) is 12.6 Å². The van der Waals surface area contributed by atoms with E-state index in [1.807, 2.05) is 31.2 Å². The summed E-state index contributed by atoms with van der Waals surface area (Å²) in [4.78, 5) is 5.35. The van der Waals surface area contributed by atoms with E-state index in [4.69, 9.17) is 4.74 Å². The second-order valence-corrected chi connectivity index (χ2v) is 9.16. The highest BCUT2D eigenvalue weighted by Crippen LogP contribution is 2.27. The Kier molecular flexibility index (Phi) is 5.65. The molecular formula is C17H22N2O3S2. The van der Waals surface area contributed by atoms with Crippen molar-refractivity contribution >= 4 is 21.4 Å². The first kappa shape index (κ1) is 17.5. The quantitative estimate of drug-likeness (QED) is 0.756. The SMILES string of the molecule is CCc1ccc(S(=O)(=O)N(Cc2ccccn2)CC2CCCO2)s1. The minimum absolute atomic E-state index is 0.0332. The zero-order chi connectivity index (χ0) is 17.0. The van der Waals surface area contributed by atoms with Crippen LogP contribution in [0.15, 0.2) is 40.7 Å². The van der Waals surface area contributed by atoms with Crippen molar-refractivity contribution in [2.75, 3.05) is 13.2 Å². The average molecular weight is 367 g/mol.